The number of ether oxygens (including phenoxy) is 1. The van der Waals surface area contributed by atoms with Crippen LogP contribution < -0.4 is 4.74 Å². The molecule has 0 bridgehead atoms. The first kappa shape index (κ1) is 21.2. The third-order valence-corrected chi connectivity index (χ3v) is 7.52. The van der Waals surface area contributed by atoms with Gasteiger partial charge in [0.25, 0.3) is 10.0 Å². The van der Waals surface area contributed by atoms with Crippen LogP contribution in [0.1, 0.15) is 11.1 Å². The lowest BCUT2D eigenvalue weighted by Crippen LogP contribution is -2.13. The molecule has 3 aromatic carbocycles. The summed E-state index contributed by atoms with van der Waals surface area (Å²) in [7, 11) is -2.28. The van der Waals surface area contributed by atoms with E-state index in [4.69, 9.17) is 16.3 Å². The summed E-state index contributed by atoms with van der Waals surface area (Å²) in [6.07, 6.45) is 0. The van der Waals surface area contributed by atoms with Crippen LogP contribution in [-0.2, 0) is 10.0 Å². The van der Waals surface area contributed by atoms with Gasteiger partial charge in [-0.05, 0) is 65.2 Å². The van der Waals surface area contributed by atoms with Gasteiger partial charge in [-0.3, -0.25) is 0 Å². The molecule has 0 aliphatic rings. The minimum Gasteiger partial charge on any atom is -0.497 e. The molecule has 5 nitrogen and oxygen atoms in total. The van der Waals surface area contributed by atoms with Crippen molar-refractivity contribution >= 4 is 49.1 Å². The lowest BCUT2D eigenvalue weighted by molar-refractivity contribution is 0.414. The molecular formula is C26H19ClN2O3S. The maximum atomic E-state index is 13.6. The monoisotopic (exact) mass is 474 g/mol. The van der Waals surface area contributed by atoms with Gasteiger partial charge in [-0.1, -0.05) is 54.6 Å². The van der Waals surface area contributed by atoms with Crippen LogP contribution in [0.5, 0.6) is 5.75 Å². The highest BCUT2D eigenvalue weighted by Gasteiger charge is 2.24. The average molecular weight is 475 g/mol. The van der Waals surface area contributed by atoms with E-state index in [0.717, 1.165) is 27.8 Å². The van der Waals surface area contributed by atoms with Crippen molar-refractivity contribution in [1.29, 1.82) is 0 Å². The van der Waals surface area contributed by atoms with E-state index < -0.39 is 10.0 Å². The van der Waals surface area contributed by atoms with Gasteiger partial charge in [-0.25, -0.2) is 17.4 Å². The van der Waals surface area contributed by atoms with Crippen molar-refractivity contribution in [3.8, 4) is 5.75 Å². The Morgan fingerprint density at radius 3 is 2.42 bits per heavy atom. The van der Waals surface area contributed by atoms with Crippen molar-refractivity contribution in [2.75, 3.05) is 7.11 Å². The molecule has 0 saturated heterocycles. The Morgan fingerprint density at radius 2 is 1.67 bits per heavy atom. The summed E-state index contributed by atoms with van der Waals surface area (Å²) < 4.78 is 33.8. The fraction of sp³-hybridized carbons (Fsp3) is 0.0385. The van der Waals surface area contributed by atoms with Crippen molar-refractivity contribution in [2.24, 2.45) is 0 Å². The zero-order valence-corrected chi connectivity index (χ0v) is 19.3. The maximum absolute atomic E-state index is 13.6. The topological polar surface area (TPSA) is 61.2 Å². The van der Waals surface area contributed by atoms with E-state index in [1.807, 2.05) is 36.4 Å². The average Bonchev–Trinajstić information content (AvgIpc) is 3.17. The predicted octanol–water partition coefficient (Wildman–Crippen LogP) is 6.15. The Labute approximate surface area is 196 Å². The van der Waals surface area contributed by atoms with Crippen LogP contribution in [0.4, 0.5) is 0 Å². The highest BCUT2D eigenvalue weighted by molar-refractivity contribution is 7.90. The van der Waals surface area contributed by atoms with Gasteiger partial charge in [0.1, 0.15) is 10.9 Å². The van der Waals surface area contributed by atoms with Crippen molar-refractivity contribution < 1.29 is 13.2 Å². The van der Waals surface area contributed by atoms with Crippen LogP contribution in [0.25, 0.3) is 27.5 Å². The normalized spacial score (nSPS) is 11.7. The summed E-state index contributed by atoms with van der Waals surface area (Å²) >= 11 is 6.16. The highest BCUT2D eigenvalue weighted by Crippen LogP contribution is 2.35. The summed E-state index contributed by atoms with van der Waals surface area (Å²) in [5, 5.41) is 1.65. The van der Waals surface area contributed by atoms with Gasteiger partial charge < -0.3 is 4.74 Å². The number of benzene rings is 3. The van der Waals surface area contributed by atoms with Gasteiger partial charge in [-0.2, -0.15) is 0 Å². The van der Waals surface area contributed by atoms with Crippen LogP contribution in [0.15, 0.2) is 96.4 Å². The van der Waals surface area contributed by atoms with E-state index in [1.54, 1.807) is 55.6 Å². The smallest absolute Gasteiger partial charge is 0.269 e. The van der Waals surface area contributed by atoms with E-state index in [0.29, 0.717) is 10.9 Å². The molecule has 5 aromatic rings. The van der Waals surface area contributed by atoms with Gasteiger partial charge in [0.15, 0.2) is 5.65 Å². The van der Waals surface area contributed by atoms with Crippen molar-refractivity contribution in [3.05, 3.63) is 108 Å². The number of rotatable bonds is 5. The quantitative estimate of drug-likeness (QED) is 0.286. The van der Waals surface area contributed by atoms with E-state index >= 15 is 0 Å². The second kappa shape index (κ2) is 8.06. The predicted molar refractivity (Wildman–Crippen MR) is 132 cm³/mol. The van der Waals surface area contributed by atoms with E-state index in [1.165, 1.54) is 3.97 Å². The molecule has 0 aliphatic carbocycles. The molecule has 0 amide bonds. The molecule has 7 heteroatoms. The fourth-order valence-electron chi connectivity index (χ4n) is 3.94. The summed E-state index contributed by atoms with van der Waals surface area (Å²) in [6.45, 7) is 4.26. The molecule has 0 aliphatic heterocycles. The van der Waals surface area contributed by atoms with Gasteiger partial charge in [-0.15, -0.1) is 0 Å². The SMILES string of the molecule is C=C(c1cccc(OC)c1)c1ccc2c(c1)c1ccc(Cl)nc1n2S(=O)(=O)c1ccccc1. The zero-order chi connectivity index (χ0) is 23.2. The summed E-state index contributed by atoms with van der Waals surface area (Å²) in [5.74, 6) is 0.735. The number of hydrogen-bond acceptors (Lipinski definition) is 4. The number of halogens is 1. The number of nitrogens with zero attached hydrogens (tertiary/aromatic N) is 2. The minimum atomic E-state index is -3.90. The van der Waals surface area contributed by atoms with Crippen molar-refractivity contribution in [1.82, 2.24) is 8.96 Å². The Kier molecular flexibility index (Phi) is 5.19. The molecule has 5 rings (SSSR count). The molecule has 0 N–H and O–H groups in total. The molecule has 2 aromatic heterocycles. The van der Waals surface area contributed by atoms with Gasteiger partial charge in [0.05, 0.1) is 17.5 Å². The Balaban J connectivity index is 1.76. The van der Waals surface area contributed by atoms with Crippen molar-refractivity contribution in [3.63, 3.8) is 0 Å². The van der Waals surface area contributed by atoms with Crippen LogP contribution >= 0.6 is 11.6 Å². The standard InChI is InChI=1S/C26H19ClN2O3S/c1-17(18-7-6-8-20(15-18)32-2)19-11-13-24-23(16-19)22-12-14-25(27)28-26(22)29(24)33(30,31)21-9-4-3-5-10-21/h3-16H,1H2,2H3. The van der Waals surface area contributed by atoms with Crippen LogP contribution in [0.2, 0.25) is 5.15 Å². The van der Waals surface area contributed by atoms with E-state index in [2.05, 4.69) is 11.6 Å². The number of methoxy groups -OCH3 is 1. The summed E-state index contributed by atoms with van der Waals surface area (Å²) in [6, 6.07) is 25.0. The van der Waals surface area contributed by atoms with Gasteiger partial charge >= 0.3 is 0 Å². The van der Waals surface area contributed by atoms with Gasteiger partial charge in [0.2, 0.25) is 0 Å². The lowest BCUT2D eigenvalue weighted by atomic mass is 9.98. The van der Waals surface area contributed by atoms with E-state index in [9.17, 15) is 8.42 Å². The molecular weight excluding hydrogens is 456 g/mol. The minimum absolute atomic E-state index is 0.176. The second-order valence-electron chi connectivity index (χ2n) is 7.53. The molecule has 0 fully saturated rings. The zero-order valence-electron chi connectivity index (χ0n) is 17.7. The van der Waals surface area contributed by atoms with E-state index in [-0.39, 0.29) is 15.7 Å². The number of pyridine rings is 1. The maximum Gasteiger partial charge on any atom is 0.269 e. The molecule has 0 unspecified atom stereocenters. The number of aromatic nitrogens is 2. The van der Waals surface area contributed by atoms with Crippen LogP contribution in [0.3, 0.4) is 0 Å². The van der Waals surface area contributed by atoms with Crippen molar-refractivity contribution in [2.45, 2.75) is 4.90 Å². The number of hydrogen-bond donors (Lipinski definition) is 0. The third-order valence-electron chi connectivity index (χ3n) is 5.59. The summed E-state index contributed by atoms with van der Waals surface area (Å²) in [4.78, 5) is 4.55. The fourth-order valence-corrected chi connectivity index (χ4v) is 5.58. The van der Waals surface area contributed by atoms with Crippen LogP contribution in [-0.4, -0.2) is 24.5 Å². The Hall–Kier alpha value is -3.61. The molecule has 2 heterocycles. The molecule has 33 heavy (non-hydrogen) atoms. The largest absolute Gasteiger partial charge is 0.497 e. The second-order valence-corrected chi connectivity index (χ2v) is 9.70. The molecule has 164 valence electrons. The Bertz CT molecular complexity index is 1640. The molecule has 0 saturated carbocycles. The molecule has 0 spiro atoms. The summed E-state index contributed by atoms with van der Waals surface area (Å²) in [5.41, 5.74) is 3.37. The first-order valence-electron chi connectivity index (χ1n) is 10.2. The third kappa shape index (κ3) is 3.57. The first-order valence-corrected chi connectivity index (χ1v) is 12.0. The van der Waals surface area contributed by atoms with Crippen LogP contribution in [0, 0.1) is 0 Å². The lowest BCUT2D eigenvalue weighted by Gasteiger charge is -2.10. The first-order chi connectivity index (χ1) is 15.9. The Morgan fingerprint density at radius 1 is 0.909 bits per heavy atom. The molecule has 0 radical (unpaired) electrons. The number of fused-ring (bicyclic) bond motifs is 3. The highest BCUT2D eigenvalue weighted by atomic mass is 35.5. The van der Waals surface area contributed by atoms with Gasteiger partial charge in [0, 0.05) is 10.8 Å². The molecule has 0 atom stereocenters.